The van der Waals surface area contributed by atoms with Crippen LogP contribution >= 0.6 is 34.8 Å². The monoisotopic (exact) mass is 374 g/mol. The van der Waals surface area contributed by atoms with Crippen LogP contribution in [0.15, 0.2) is 36.4 Å². The zero-order chi connectivity index (χ0) is 16.8. The SMILES string of the molecule is O=C(CNCCc1ccc(Cl)cc1Cl)Nc1ccc(F)c(Cl)c1. The predicted octanol–water partition coefficient (Wildman–Crippen LogP) is 4.56. The van der Waals surface area contributed by atoms with E-state index in [1.54, 1.807) is 12.1 Å². The third-order valence-corrected chi connectivity index (χ3v) is 3.95. The minimum absolute atomic E-state index is 0.0341. The lowest BCUT2D eigenvalue weighted by molar-refractivity contribution is -0.115. The Labute approximate surface area is 148 Å². The lowest BCUT2D eigenvalue weighted by Crippen LogP contribution is -2.29. The number of carbonyl (C=O) groups excluding carboxylic acids is 1. The zero-order valence-corrected chi connectivity index (χ0v) is 14.3. The topological polar surface area (TPSA) is 41.1 Å². The number of hydrogen-bond donors (Lipinski definition) is 2. The summed E-state index contributed by atoms with van der Waals surface area (Å²) < 4.78 is 13.0. The van der Waals surface area contributed by atoms with Crippen LogP contribution in [0.4, 0.5) is 10.1 Å². The van der Waals surface area contributed by atoms with Gasteiger partial charge in [0.25, 0.3) is 0 Å². The van der Waals surface area contributed by atoms with Crippen molar-refractivity contribution in [1.82, 2.24) is 5.32 Å². The Hall–Kier alpha value is -1.33. The normalized spacial score (nSPS) is 10.6. The molecule has 23 heavy (non-hydrogen) atoms. The summed E-state index contributed by atoms with van der Waals surface area (Å²) in [5.74, 6) is -0.766. The fourth-order valence-corrected chi connectivity index (χ4v) is 2.61. The molecule has 0 saturated heterocycles. The first kappa shape index (κ1) is 18.0. The number of halogens is 4. The minimum atomic E-state index is -0.525. The Morgan fingerprint density at radius 2 is 1.83 bits per heavy atom. The molecule has 0 aliphatic heterocycles. The van der Waals surface area contributed by atoms with E-state index in [2.05, 4.69) is 10.6 Å². The number of anilines is 1. The molecular weight excluding hydrogens is 362 g/mol. The van der Waals surface area contributed by atoms with Crippen LogP contribution in [0.2, 0.25) is 15.1 Å². The summed E-state index contributed by atoms with van der Waals surface area (Å²) in [4.78, 5) is 11.8. The lowest BCUT2D eigenvalue weighted by atomic mass is 10.1. The number of carbonyl (C=O) groups is 1. The number of benzene rings is 2. The van der Waals surface area contributed by atoms with E-state index in [-0.39, 0.29) is 17.5 Å². The number of amides is 1. The Bertz CT molecular complexity index is 710. The summed E-state index contributed by atoms with van der Waals surface area (Å²) in [6, 6.07) is 9.33. The quantitative estimate of drug-likeness (QED) is 0.727. The molecule has 7 heteroatoms. The molecular formula is C16H14Cl3FN2O. The van der Waals surface area contributed by atoms with Crippen molar-refractivity contribution in [2.24, 2.45) is 0 Å². The van der Waals surface area contributed by atoms with Crippen LogP contribution in [-0.4, -0.2) is 19.0 Å². The van der Waals surface area contributed by atoms with E-state index >= 15 is 0 Å². The lowest BCUT2D eigenvalue weighted by Gasteiger charge is -2.08. The van der Waals surface area contributed by atoms with E-state index in [1.165, 1.54) is 18.2 Å². The van der Waals surface area contributed by atoms with Gasteiger partial charge >= 0.3 is 0 Å². The molecule has 0 unspecified atom stereocenters. The van der Waals surface area contributed by atoms with Gasteiger partial charge in [0.05, 0.1) is 11.6 Å². The average molecular weight is 376 g/mol. The van der Waals surface area contributed by atoms with Crippen molar-refractivity contribution in [3.8, 4) is 0 Å². The highest BCUT2D eigenvalue weighted by molar-refractivity contribution is 6.35. The molecule has 2 N–H and O–H groups in total. The van der Waals surface area contributed by atoms with E-state index in [0.29, 0.717) is 28.7 Å². The number of hydrogen-bond acceptors (Lipinski definition) is 2. The maximum absolute atomic E-state index is 13.0. The molecule has 2 aromatic rings. The van der Waals surface area contributed by atoms with E-state index in [0.717, 1.165) is 5.56 Å². The molecule has 0 spiro atoms. The maximum Gasteiger partial charge on any atom is 0.238 e. The Kier molecular flexibility index (Phi) is 6.66. The maximum atomic E-state index is 13.0. The second-order valence-electron chi connectivity index (χ2n) is 4.84. The molecule has 2 rings (SSSR count). The van der Waals surface area contributed by atoms with Gasteiger partial charge in [0.15, 0.2) is 0 Å². The molecule has 0 radical (unpaired) electrons. The molecule has 2 aromatic carbocycles. The van der Waals surface area contributed by atoms with Gasteiger partial charge in [-0.1, -0.05) is 40.9 Å². The van der Waals surface area contributed by atoms with Crippen LogP contribution in [0.25, 0.3) is 0 Å². The molecule has 0 heterocycles. The van der Waals surface area contributed by atoms with Crippen molar-refractivity contribution in [2.75, 3.05) is 18.4 Å². The molecule has 0 aliphatic carbocycles. The van der Waals surface area contributed by atoms with Gasteiger partial charge in [-0.3, -0.25) is 4.79 Å². The van der Waals surface area contributed by atoms with Crippen LogP contribution < -0.4 is 10.6 Å². The van der Waals surface area contributed by atoms with E-state index in [9.17, 15) is 9.18 Å². The summed E-state index contributed by atoms with van der Waals surface area (Å²) in [7, 11) is 0. The highest BCUT2D eigenvalue weighted by Gasteiger charge is 2.06. The molecule has 1 amide bonds. The third-order valence-electron chi connectivity index (χ3n) is 3.08. The molecule has 122 valence electrons. The van der Waals surface area contributed by atoms with E-state index in [1.807, 2.05) is 6.07 Å². The van der Waals surface area contributed by atoms with Crippen LogP contribution in [0, 0.1) is 5.82 Å². The van der Waals surface area contributed by atoms with Gasteiger partial charge in [-0.05, 0) is 48.9 Å². The Morgan fingerprint density at radius 1 is 1.04 bits per heavy atom. The van der Waals surface area contributed by atoms with Gasteiger partial charge in [-0.25, -0.2) is 4.39 Å². The second-order valence-corrected chi connectivity index (χ2v) is 6.09. The van der Waals surface area contributed by atoms with Crippen molar-refractivity contribution in [2.45, 2.75) is 6.42 Å². The fraction of sp³-hybridized carbons (Fsp3) is 0.188. The first-order valence-electron chi connectivity index (χ1n) is 6.85. The molecule has 0 aliphatic rings. The number of nitrogens with one attached hydrogen (secondary N) is 2. The van der Waals surface area contributed by atoms with Gasteiger partial charge in [0.2, 0.25) is 5.91 Å². The highest BCUT2D eigenvalue weighted by Crippen LogP contribution is 2.21. The highest BCUT2D eigenvalue weighted by atomic mass is 35.5. The van der Waals surface area contributed by atoms with Gasteiger partial charge < -0.3 is 10.6 Å². The molecule has 0 atom stereocenters. The van der Waals surface area contributed by atoms with Crippen LogP contribution in [0.3, 0.4) is 0 Å². The predicted molar refractivity (Wildman–Crippen MR) is 93.1 cm³/mol. The number of rotatable bonds is 6. The minimum Gasteiger partial charge on any atom is -0.325 e. The van der Waals surface area contributed by atoms with Crippen LogP contribution in [0.5, 0.6) is 0 Å². The van der Waals surface area contributed by atoms with Gasteiger partial charge in [-0.15, -0.1) is 0 Å². The van der Waals surface area contributed by atoms with Crippen molar-refractivity contribution in [3.05, 3.63) is 62.8 Å². The van der Waals surface area contributed by atoms with E-state index < -0.39 is 5.82 Å². The van der Waals surface area contributed by atoms with Gasteiger partial charge in [0, 0.05) is 15.7 Å². The fourth-order valence-electron chi connectivity index (χ4n) is 1.93. The van der Waals surface area contributed by atoms with Crippen LogP contribution in [-0.2, 0) is 11.2 Å². The van der Waals surface area contributed by atoms with Gasteiger partial charge in [0.1, 0.15) is 5.82 Å². The summed E-state index contributed by atoms with van der Waals surface area (Å²) in [6.07, 6.45) is 0.672. The summed E-state index contributed by atoms with van der Waals surface area (Å²) in [5, 5.41) is 6.80. The summed E-state index contributed by atoms with van der Waals surface area (Å²) in [6.45, 7) is 0.707. The molecule has 0 fully saturated rings. The first-order chi connectivity index (χ1) is 11.0. The third kappa shape index (κ3) is 5.66. The summed E-state index contributed by atoms with van der Waals surface area (Å²) in [5.41, 5.74) is 1.40. The molecule has 3 nitrogen and oxygen atoms in total. The van der Waals surface area contributed by atoms with Crippen molar-refractivity contribution in [3.63, 3.8) is 0 Å². The van der Waals surface area contributed by atoms with Crippen LogP contribution in [0.1, 0.15) is 5.56 Å². The van der Waals surface area contributed by atoms with Gasteiger partial charge in [-0.2, -0.15) is 0 Å². The largest absolute Gasteiger partial charge is 0.325 e. The van der Waals surface area contributed by atoms with Crippen molar-refractivity contribution in [1.29, 1.82) is 0 Å². The summed E-state index contributed by atoms with van der Waals surface area (Å²) >= 11 is 17.6. The standard InChI is InChI=1S/C16H14Cl3FN2O/c17-11-2-1-10(13(18)7-11)5-6-21-9-16(23)22-12-3-4-15(20)14(19)8-12/h1-4,7-8,21H,5-6,9H2,(H,22,23). The average Bonchev–Trinajstić information content (AvgIpc) is 2.49. The van der Waals surface area contributed by atoms with Crippen molar-refractivity contribution >= 4 is 46.4 Å². The smallest absolute Gasteiger partial charge is 0.238 e. The first-order valence-corrected chi connectivity index (χ1v) is 7.98. The van der Waals surface area contributed by atoms with E-state index in [4.69, 9.17) is 34.8 Å². The molecule has 0 saturated carbocycles. The molecule has 0 bridgehead atoms. The van der Waals surface area contributed by atoms with Crippen molar-refractivity contribution < 1.29 is 9.18 Å². The Morgan fingerprint density at radius 3 is 2.52 bits per heavy atom. The second kappa shape index (κ2) is 8.50. The Balaban J connectivity index is 1.75. The molecule has 0 aromatic heterocycles. The zero-order valence-electron chi connectivity index (χ0n) is 12.0.